The molecule has 7 heteroatoms. The SMILES string of the molecule is C.Cc1ccc(-n2c(-c3cnc(N4CCOCC4)nc3)cc3ccncc32)nc1. The molecule has 0 spiro atoms. The molecular weight excluding hydrogens is 364 g/mol. The fourth-order valence-corrected chi connectivity index (χ4v) is 3.48. The lowest BCUT2D eigenvalue weighted by molar-refractivity contribution is 0.122. The van der Waals surface area contributed by atoms with Gasteiger partial charge in [0, 0.05) is 48.8 Å². The summed E-state index contributed by atoms with van der Waals surface area (Å²) in [5.41, 5.74) is 4.06. The molecule has 0 amide bonds. The molecule has 1 saturated heterocycles. The minimum atomic E-state index is 0. The summed E-state index contributed by atoms with van der Waals surface area (Å²) in [6.07, 6.45) is 9.30. The normalized spacial score (nSPS) is 14.0. The Morgan fingerprint density at radius 1 is 0.931 bits per heavy atom. The summed E-state index contributed by atoms with van der Waals surface area (Å²) in [6.45, 7) is 5.10. The molecular formula is C22H24N6O. The van der Waals surface area contributed by atoms with E-state index in [1.165, 1.54) is 0 Å². The Kier molecular flexibility index (Phi) is 5.22. The lowest BCUT2D eigenvalue weighted by Gasteiger charge is -2.26. The van der Waals surface area contributed by atoms with Gasteiger partial charge in [-0.1, -0.05) is 13.5 Å². The Hall–Kier alpha value is -3.32. The molecule has 148 valence electrons. The number of rotatable bonds is 3. The standard InChI is InChI=1S/C21H20N6O.CH4/c1-15-2-3-20(23-11-15)27-18(10-16-4-5-22-14-19(16)27)17-12-24-21(25-13-17)26-6-8-28-9-7-26;/h2-5,10-14H,6-9H2,1H3;1H4. The minimum absolute atomic E-state index is 0. The largest absolute Gasteiger partial charge is 0.378 e. The zero-order chi connectivity index (χ0) is 18.9. The van der Waals surface area contributed by atoms with Crippen LogP contribution in [0.5, 0.6) is 0 Å². The number of aromatic nitrogens is 5. The van der Waals surface area contributed by atoms with Gasteiger partial charge in [0.05, 0.1) is 30.6 Å². The summed E-state index contributed by atoms with van der Waals surface area (Å²) in [5, 5.41) is 1.10. The molecule has 4 aromatic heterocycles. The van der Waals surface area contributed by atoms with E-state index in [1.807, 2.05) is 43.8 Å². The Bertz CT molecular complexity index is 1100. The highest BCUT2D eigenvalue weighted by Crippen LogP contribution is 2.30. The summed E-state index contributed by atoms with van der Waals surface area (Å²) in [6, 6.07) is 8.22. The van der Waals surface area contributed by atoms with Crippen molar-refractivity contribution in [3.05, 3.63) is 60.8 Å². The summed E-state index contributed by atoms with van der Waals surface area (Å²) >= 11 is 0. The van der Waals surface area contributed by atoms with Crippen LogP contribution in [-0.2, 0) is 4.74 Å². The Labute approximate surface area is 170 Å². The van der Waals surface area contributed by atoms with Crippen molar-refractivity contribution in [2.45, 2.75) is 14.4 Å². The van der Waals surface area contributed by atoms with E-state index in [-0.39, 0.29) is 7.43 Å². The molecule has 0 unspecified atom stereocenters. The van der Waals surface area contributed by atoms with Crippen molar-refractivity contribution in [2.24, 2.45) is 0 Å². The van der Waals surface area contributed by atoms with Crippen molar-refractivity contribution in [1.82, 2.24) is 24.5 Å². The highest BCUT2D eigenvalue weighted by molar-refractivity contribution is 5.88. The first-order chi connectivity index (χ1) is 13.8. The highest BCUT2D eigenvalue weighted by Gasteiger charge is 2.17. The molecule has 0 aliphatic carbocycles. The van der Waals surface area contributed by atoms with Crippen molar-refractivity contribution >= 4 is 16.9 Å². The first-order valence-corrected chi connectivity index (χ1v) is 9.33. The number of fused-ring (bicyclic) bond motifs is 1. The topological polar surface area (TPSA) is 69.0 Å². The maximum atomic E-state index is 5.41. The predicted octanol–water partition coefficient (Wildman–Crippen LogP) is 3.66. The van der Waals surface area contributed by atoms with Crippen LogP contribution in [0, 0.1) is 6.92 Å². The summed E-state index contributed by atoms with van der Waals surface area (Å²) in [7, 11) is 0. The summed E-state index contributed by atoms with van der Waals surface area (Å²) in [4.78, 5) is 20.3. The molecule has 0 atom stereocenters. The van der Waals surface area contributed by atoms with E-state index in [4.69, 9.17) is 4.74 Å². The molecule has 0 bridgehead atoms. The van der Waals surface area contributed by atoms with Gasteiger partial charge in [0.25, 0.3) is 0 Å². The first kappa shape index (κ1) is 19.0. The molecule has 0 aromatic carbocycles. The monoisotopic (exact) mass is 388 g/mol. The van der Waals surface area contributed by atoms with Crippen LogP contribution in [0.25, 0.3) is 28.0 Å². The lowest BCUT2D eigenvalue weighted by Crippen LogP contribution is -2.37. The minimum Gasteiger partial charge on any atom is -0.378 e. The Balaban J connectivity index is 0.00000205. The van der Waals surface area contributed by atoms with E-state index in [0.29, 0.717) is 13.2 Å². The second kappa shape index (κ2) is 7.97. The van der Waals surface area contributed by atoms with Crippen LogP contribution in [0.3, 0.4) is 0 Å². The third kappa shape index (κ3) is 3.56. The molecule has 1 aliphatic rings. The van der Waals surface area contributed by atoms with E-state index >= 15 is 0 Å². The third-order valence-corrected chi connectivity index (χ3v) is 4.96. The molecule has 0 radical (unpaired) electrons. The van der Waals surface area contributed by atoms with Crippen LogP contribution in [0.1, 0.15) is 13.0 Å². The quantitative estimate of drug-likeness (QED) is 0.534. The number of morpholine rings is 1. The average Bonchev–Trinajstić information content (AvgIpc) is 3.15. The summed E-state index contributed by atoms with van der Waals surface area (Å²) < 4.78 is 7.51. The van der Waals surface area contributed by atoms with Crippen molar-refractivity contribution < 1.29 is 4.74 Å². The fraction of sp³-hybridized carbons (Fsp3) is 0.273. The van der Waals surface area contributed by atoms with E-state index in [2.05, 4.69) is 41.5 Å². The molecule has 29 heavy (non-hydrogen) atoms. The lowest BCUT2D eigenvalue weighted by atomic mass is 10.2. The fourth-order valence-electron chi connectivity index (χ4n) is 3.48. The van der Waals surface area contributed by atoms with Crippen molar-refractivity contribution in [1.29, 1.82) is 0 Å². The van der Waals surface area contributed by atoms with Gasteiger partial charge in [0.2, 0.25) is 5.95 Å². The highest BCUT2D eigenvalue weighted by atomic mass is 16.5. The zero-order valence-electron chi connectivity index (χ0n) is 15.6. The van der Waals surface area contributed by atoms with Gasteiger partial charge in [-0.15, -0.1) is 0 Å². The van der Waals surface area contributed by atoms with Gasteiger partial charge in [-0.25, -0.2) is 15.0 Å². The second-order valence-electron chi connectivity index (χ2n) is 6.86. The average molecular weight is 388 g/mol. The van der Waals surface area contributed by atoms with Crippen molar-refractivity contribution in [3.63, 3.8) is 0 Å². The van der Waals surface area contributed by atoms with Crippen LogP contribution in [0.4, 0.5) is 5.95 Å². The van der Waals surface area contributed by atoms with Gasteiger partial charge in [0.1, 0.15) is 5.82 Å². The molecule has 1 fully saturated rings. The smallest absolute Gasteiger partial charge is 0.225 e. The van der Waals surface area contributed by atoms with Crippen LogP contribution < -0.4 is 4.90 Å². The van der Waals surface area contributed by atoms with Crippen molar-refractivity contribution in [2.75, 3.05) is 31.2 Å². The van der Waals surface area contributed by atoms with Gasteiger partial charge >= 0.3 is 0 Å². The number of anilines is 1. The summed E-state index contributed by atoms with van der Waals surface area (Å²) in [5.74, 6) is 1.59. The molecule has 1 aliphatic heterocycles. The predicted molar refractivity (Wildman–Crippen MR) is 114 cm³/mol. The molecule has 0 saturated carbocycles. The number of aryl methyl sites for hydroxylation is 1. The Morgan fingerprint density at radius 3 is 2.45 bits per heavy atom. The number of ether oxygens (including phenoxy) is 1. The number of hydrogen-bond donors (Lipinski definition) is 0. The Morgan fingerprint density at radius 2 is 1.72 bits per heavy atom. The van der Waals surface area contributed by atoms with Crippen LogP contribution in [0.2, 0.25) is 0 Å². The van der Waals surface area contributed by atoms with Crippen LogP contribution in [0.15, 0.2) is 55.2 Å². The maximum Gasteiger partial charge on any atom is 0.225 e. The molecule has 7 nitrogen and oxygen atoms in total. The van der Waals surface area contributed by atoms with E-state index < -0.39 is 0 Å². The maximum absolute atomic E-state index is 5.41. The van der Waals surface area contributed by atoms with Gasteiger partial charge in [-0.3, -0.25) is 9.55 Å². The molecule has 4 aromatic rings. The van der Waals surface area contributed by atoms with Crippen LogP contribution in [-0.4, -0.2) is 50.8 Å². The van der Waals surface area contributed by atoms with Crippen molar-refractivity contribution in [3.8, 4) is 17.1 Å². The number of pyridine rings is 2. The second-order valence-corrected chi connectivity index (χ2v) is 6.86. The first-order valence-electron chi connectivity index (χ1n) is 9.33. The van der Waals surface area contributed by atoms with E-state index in [1.54, 1.807) is 6.20 Å². The number of hydrogen-bond acceptors (Lipinski definition) is 6. The van der Waals surface area contributed by atoms with Gasteiger partial charge < -0.3 is 9.64 Å². The molecule has 0 N–H and O–H groups in total. The van der Waals surface area contributed by atoms with Gasteiger partial charge in [-0.2, -0.15) is 0 Å². The number of nitrogens with zero attached hydrogens (tertiary/aromatic N) is 6. The van der Waals surface area contributed by atoms with Gasteiger partial charge in [0.15, 0.2) is 0 Å². The zero-order valence-corrected chi connectivity index (χ0v) is 15.6. The van der Waals surface area contributed by atoms with E-state index in [9.17, 15) is 0 Å². The molecule has 5 heterocycles. The van der Waals surface area contributed by atoms with Crippen LogP contribution >= 0.6 is 0 Å². The third-order valence-electron chi connectivity index (χ3n) is 4.96. The van der Waals surface area contributed by atoms with Gasteiger partial charge in [-0.05, 0) is 30.7 Å². The molecule has 5 rings (SSSR count). The van der Waals surface area contributed by atoms with E-state index in [0.717, 1.165) is 52.6 Å².